The van der Waals surface area contributed by atoms with Crippen LogP contribution in [-0.4, -0.2) is 153 Å². The van der Waals surface area contributed by atoms with Gasteiger partial charge in [-0.2, -0.15) is 0 Å². The molecule has 0 aromatic heterocycles. The topological polar surface area (TPSA) is 376 Å². The normalized spacial score (nSPS) is 13.5. The molecule has 0 aliphatic rings. The standard InChI is InChI=1S/C52H88N4O19.2H2/c1-36(43(59)34-40(37(2)57)50(68)69)19-17-18-28-53-44(60)26-22-38(49(66)67)33-39(58)23-24-41(51(70)71)56-47(63)35-75-32-31-74-30-29-54-45(61)27-25-42(52(72)73)55-46(62)20-15-13-11-9-7-5-3-4-6-8-10-12-14-16-21-48(64)65;;/h36-38,40-42,57H,3-35H2,1-2H3,(H,53,60)(H,54,61)(H,55,62)(H,56,63)(H,64,65)(H,66,67)(H,68,69)(H,70,71)(H,72,73);2*1H/t36-,37+,38+,40-,41-,42-;;/m0../s1. The van der Waals surface area contributed by atoms with Crippen molar-refractivity contribution >= 4 is 65.0 Å². The van der Waals surface area contributed by atoms with Crippen LogP contribution >= 0.6 is 0 Å². The van der Waals surface area contributed by atoms with Crippen LogP contribution in [0.15, 0.2) is 0 Å². The number of carboxylic acids is 5. The summed E-state index contributed by atoms with van der Waals surface area (Å²) in [6.07, 6.45) is 13.3. The molecule has 10 N–H and O–H groups in total. The quantitative estimate of drug-likeness (QED) is 0.0356. The zero-order valence-corrected chi connectivity index (χ0v) is 44.3. The third kappa shape index (κ3) is 39.5. The maximum atomic E-state index is 12.6. The Morgan fingerprint density at radius 1 is 0.440 bits per heavy atom. The lowest BCUT2D eigenvalue weighted by Crippen LogP contribution is -2.43. The van der Waals surface area contributed by atoms with Crippen LogP contribution in [0, 0.1) is 17.8 Å². The number of carbonyl (C=O) groups excluding carboxylic acids is 6. The van der Waals surface area contributed by atoms with Gasteiger partial charge in [0.1, 0.15) is 30.3 Å². The average Bonchev–Trinajstić information content (AvgIpc) is 3.34. The largest absolute Gasteiger partial charge is 0.481 e. The summed E-state index contributed by atoms with van der Waals surface area (Å²) in [5, 5.41) is 66.2. The monoisotopic (exact) mass is 1080 g/mol. The Kier molecular flexibility index (Phi) is 40.4. The van der Waals surface area contributed by atoms with Gasteiger partial charge in [-0.1, -0.05) is 90.4 Å². The molecule has 75 heavy (non-hydrogen) atoms. The number of amides is 4. The minimum atomic E-state index is -1.47. The molecule has 0 saturated carbocycles. The van der Waals surface area contributed by atoms with Crippen molar-refractivity contribution < 1.29 is 95.7 Å². The molecule has 0 rings (SSSR count). The van der Waals surface area contributed by atoms with Gasteiger partial charge in [-0.3, -0.25) is 43.2 Å². The Labute approximate surface area is 443 Å². The summed E-state index contributed by atoms with van der Waals surface area (Å²) < 4.78 is 10.6. The van der Waals surface area contributed by atoms with Crippen LogP contribution in [0.5, 0.6) is 0 Å². The Morgan fingerprint density at radius 2 is 0.920 bits per heavy atom. The lowest BCUT2D eigenvalue weighted by molar-refractivity contribution is -0.148. The van der Waals surface area contributed by atoms with Crippen LogP contribution < -0.4 is 21.3 Å². The number of unbranched alkanes of at least 4 members (excludes halogenated alkanes) is 14. The molecule has 0 saturated heterocycles. The van der Waals surface area contributed by atoms with Gasteiger partial charge in [-0.15, -0.1) is 0 Å². The van der Waals surface area contributed by atoms with Crippen molar-refractivity contribution in [3.05, 3.63) is 0 Å². The van der Waals surface area contributed by atoms with E-state index >= 15 is 0 Å². The molecule has 0 aliphatic heterocycles. The summed E-state index contributed by atoms with van der Waals surface area (Å²) in [5.41, 5.74) is 0. The number of aliphatic hydroxyl groups excluding tert-OH is 1. The molecule has 6 atom stereocenters. The maximum Gasteiger partial charge on any atom is 0.326 e. The number of carboxylic acid groups (broad SMARTS) is 5. The third-order valence-corrected chi connectivity index (χ3v) is 12.7. The molecule has 23 heteroatoms. The van der Waals surface area contributed by atoms with E-state index in [2.05, 4.69) is 21.3 Å². The van der Waals surface area contributed by atoms with Gasteiger partial charge < -0.3 is 61.4 Å². The summed E-state index contributed by atoms with van der Waals surface area (Å²) in [5.74, 6) is -11.8. The van der Waals surface area contributed by atoms with Crippen molar-refractivity contribution in [1.29, 1.82) is 0 Å². The van der Waals surface area contributed by atoms with Gasteiger partial charge in [0, 0.05) is 66.8 Å². The van der Waals surface area contributed by atoms with Crippen molar-refractivity contribution in [2.45, 2.75) is 205 Å². The first-order chi connectivity index (χ1) is 35.6. The molecule has 0 radical (unpaired) electrons. The molecule has 0 aromatic carbocycles. The Balaban J connectivity index is -0.0000274. The van der Waals surface area contributed by atoms with E-state index in [1.807, 2.05) is 0 Å². The highest BCUT2D eigenvalue weighted by atomic mass is 16.5. The van der Waals surface area contributed by atoms with Crippen LogP contribution in [0.25, 0.3) is 0 Å². The van der Waals surface area contributed by atoms with Crippen molar-refractivity contribution in [2.75, 3.05) is 39.5 Å². The molecule has 0 aliphatic carbocycles. The molecule has 0 aromatic rings. The Hall–Kier alpha value is -5.55. The van der Waals surface area contributed by atoms with Gasteiger partial charge >= 0.3 is 29.8 Å². The van der Waals surface area contributed by atoms with Crippen LogP contribution in [0.3, 0.4) is 0 Å². The van der Waals surface area contributed by atoms with E-state index in [0.29, 0.717) is 25.7 Å². The zero-order chi connectivity index (χ0) is 56.4. The summed E-state index contributed by atoms with van der Waals surface area (Å²) in [7, 11) is 0. The number of ketones is 2. The Bertz CT molecular complexity index is 1760. The number of hydrogen-bond acceptors (Lipinski definition) is 14. The number of aliphatic carboxylic acids is 5. The van der Waals surface area contributed by atoms with E-state index in [-0.39, 0.29) is 105 Å². The molecular formula is C52H92N4O19. The summed E-state index contributed by atoms with van der Waals surface area (Å²) in [6, 6.07) is -2.69. The smallest absolute Gasteiger partial charge is 0.326 e. The minimum Gasteiger partial charge on any atom is -0.481 e. The summed E-state index contributed by atoms with van der Waals surface area (Å²) >= 11 is 0. The van der Waals surface area contributed by atoms with Gasteiger partial charge in [0.05, 0.1) is 37.8 Å². The number of nitrogens with one attached hydrogen (secondary N) is 4. The van der Waals surface area contributed by atoms with Gasteiger partial charge in [-0.05, 0) is 51.9 Å². The van der Waals surface area contributed by atoms with Gasteiger partial charge in [-0.25, -0.2) is 9.59 Å². The molecule has 0 bridgehead atoms. The fourth-order valence-electron chi connectivity index (χ4n) is 7.95. The van der Waals surface area contributed by atoms with Crippen LogP contribution in [-0.2, 0) is 62.2 Å². The predicted octanol–water partition coefficient (Wildman–Crippen LogP) is 5.06. The number of carbonyl (C=O) groups is 11. The highest BCUT2D eigenvalue weighted by Crippen LogP contribution is 2.19. The van der Waals surface area contributed by atoms with Crippen molar-refractivity contribution in [2.24, 2.45) is 17.8 Å². The second kappa shape index (κ2) is 43.7. The van der Waals surface area contributed by atoms with E-state index in [9.17, 15) is 78.3 Å². The number of aliphatic hydroxyl groups is 1. The number of Topliss-reactive ketones (excluding diaryl/α,β-unsaturated/α-hetero) is 2. The molecule has 0 spiro atoms. The Morgan fingerprint density at radius 3 is 1.43 bits per heavy atom. The highest BCUT2D eigenvalue weighted by Gasteiger charge is 2.29. The van der Waals surface area contributed by atoms with E-state index in [4.69, 9.17) is 14.6 Å². The van der Waals surface area contributed by atoms with E-state index in [1.165, 1.54) is 39.0 Å². The number of rotatable bonds is 51. The number of ether oxygens (including phenoxy) is 2. The second-order valence-electron chi connectivity index (χ2n) is 19.3. The molecule has 434 valence electrons. The van der Waals surface area contributed by atoms with E-state index < -0.39 is 102 Å². The first-order valence-electron chi connectivity index (χ1n) is 26.8. The molecule has 23 nitrogen and oxygen atoms in total. The maximum absolute atomic E-state index is 12.6. The third-order valence-electron chi connectivity index (χ3n) is 12.7. The van der Waals surface area contributed by atoms with Crippen molar-refractivity contribution in [3.63, 3.8) is 0 Å². The van der Waals surface area contributed by atoms with Gasteiger partial charge in [0.25, 0.3) is 0 Å². The molecular weight excluding hydrogens is 985 g/mol. The summed E-state index contributed by atoms with van der Waals surface area (Å²) in [6.45, 7) is 2.76. The minimum absolute atomic E-state index is 0. The van der Waals surface area contributed by atoms with E-state index in [1.54, 1.807) is 6.92 Å². The number of hydrogen-bond donors (Lipinski definition) is 10. The van der Waals surface area contributed by atoms with Crippen LogP contribution in [0.1, 0.15) is 190 Å². The zero-order valence-electron chi connectivity index (χ0n) is 44.3. The second-order valence-corrected chi connectivity index (χ2v) is 19.3. The van der Waals surface area contributed by atoms with Gasteiger partial charge in [0.2, 0.25) is 23.6 Å². The fourth-order valence-corrected chi connectivity index (χ4v) is 7.95. The van der Waals surface area contributed by atoms with Crippen LogP contribution in [0.2, 0.25) is 0 Å². The SMILES string of the molecule is C[C@@H](CCCCNC(=O)CC[C@H](CC(=O)CC[C@H](NC(=O)COCCOCCNC(=O)CC[C@H](NC(=O)CCCCCCCCCCCCCCCCC(=O)O)C(=O)O)C(=O)O)C(=O)O)C(=O)C[C@H](C(=O)O)[C@@H](C)O.[HH].[HH]. The molecule has 4 amide bonds. The van der Waals surface area contributed by atoms with E-state index in [0.717, 1.165) is 51.4 Å². The lowest BCUT2D eigenvalue weighted by atomic mass is 9.89. The highest BCUT2D eigenvalue weighted by molar-refractivity contribution is 5.88. The average molecular weight is 1080 g/mol. The fraction of sp³-hybridized carbons (Fsp3) is 0.788. The molecule has 0 fully saturated rings. The first kappa shape index (κ1) is 69.5. The van der Waals surface area contributed by atoms with Crippen LogP contribution in [0.4, 0.5) is 0 Å². The lowest BCUT2D eigenvalue weighted by Gasteiger charge is -2.17. The molecule has 0 heterocycles. The van der Waals surface area contributed by atoms with Crippen molar-refractivity contribution in [3.8, 4) is 0 Å². The molecule has 0 unspecified atom stereocenters. The van der Waals surface area contributed by atoms with Gasteiger partial charge in [0.15, 0.2) is 0 Å². The first-order valence-corrected chi connectivity index (χ1v) is 26.8. The summed E-state index contributed by atoms with van der Waals surface area (Å²) in [4.78, 5) is 131. The van der Waals surface area contributed by atoms with Crippen molar-refractivity contribution in [1.82, 2.24) is 21.3 Å². The predicted molar refractivity (Wildman–Crippen MR) is 276 cm³/mol.